The molecule has 0 aromatic heterocycles. The van der Waals surface area contributed by atoms with Crippen LogP contribution in [0, 0.1) is 17.6 Å². The molecule has 0 bridgehead atoms. The summed E-state index contributed by atoms with van der Waals surface area (Å²) in [5.41, 5.74) is 0.999. The number of benzene rings is 2. The quantitative estimate of drug-likeness (QED) is 0.705. The number of nitrogens with zero attached hydrogens (tertiary/aromatic N) is 1. The van der Waals surface area contributed by atoms with E-state index in [9.17, 15) is 18.4 Å². The molecule has 2 heterocycles. The summed E-state index contributed by atoms with van der Waals surface area (Å²) in [4.78, 5) is 26.4. The number of fused-ring (bicyclic) bond motifs is 1. The predicted molar refractivity (Wildman–Crippen MR) is 111 cm³/mol. The van der Waals surface area contributed by atoms with Crippen LogP contribution in [0.2, 0.25) is 5.02 Å². The van der Waals surface area contributed by atoms with Gasteiger partial charge in [0, 0.05) is 24.6 Å². The fourth-order valence-electron chi connectivity index (χ4n) is 4.07. The van der Waals surface area contributed by atoms with E-state index in [1.165, 1.54) is 11.0 Å². The van der Waals surface area contributed by atoms with Crippen LogP contribution in [-0.2, 0) is 11.2 Å². The summed E-state index contributed by atoms with van der Waals surface area (Å²) in [7, 11) is 0. The van der Waals surface area contributed by atoms with E-state index in [4.69, 9.17) is 16.3 Å². The Morgan fingerprint density at radius 1 is 1.29 bits per heavy atom. The lowest BCUT2D eigenvalue weighted by molar-refractivity contribution is -0.126. The molecule has 4 rings (SSSR count). The Labute approximate surface area is 183 Å². The van der Waals surface area contributed by atoms with Crippen molar-refractivity contribution in [1.82, 2.24) is 15.5 Å². The lowest BCUT2D eigenvalue weighted by Crippen LogP contribution is -2.59. The van der Waals surface area contributed by atoms with Gasteiger partial charge in [0.15, 0.2) is 0 Å². The standard InChI is InChI=1S/C22H22ClF2N3O3/c1-12-21(29)26-8-9-28(12)22(30)27-20(15-6-7-16(24)18(23)19(15)25)14-10-13-4-2-3-5-17(13)31-11-14/h2-7,12,14,20H,8-11H2,1H3,(H,26,29)(H,27,30)/t12-,14+,20?/m1/s1. The maximum atomic E-state index is 15.0. The van der Waals surface area contributed by atoms with Crippen molar-refractivity contribution in [3.05, 3.63) is 64.2 Å². The summed E-state index contributed by atoms with van der Waals surface area (Å²) < 4.78 is 34.6. The van der Waals surface area contributed by atoms with Crippen LogP contribution in [0.25, 0.3) is 0 Å². The molecule has 1 saturated heterocycles. The minimum absolute atomic E-state index is 0.0712. The first-order valence-electron chi connectivity index (χ1n) is 10.1. The van der Waals surface area contributed by atoms with Crippen LogP contribution in [0.4, 0.5) is 13.6 Å². The van der Waals surface area contributed by atoms with Gasteiger partial charge in [-0.25, -0.2) is 13.6 Å². The topological polar surface area (TPSA) is 70.7 Å². The highest BCUT2D eigenvalue weighted by Gasteiger charge is 2.36. The molecular weight excluding hydrogens is 428 g/mol. The molecule has 0 saturated carbocycles. The molecule has 2 aromatic rings. The van der Waals surface area contributed by atoms with Gasteiger partial charge < -0.3 is 20.3 Å². The number of ether oxygens (including phenoxy) is 1. The van der Waals surface area contributed by atoms with Crippen molar-refractivity contribution in [2.45, 2.75) is 25.4 Å². The Bertz CT molecular complexity index is 1020. The maximum absolute atomic E-state index is 15.0. The Morgan fingerprint density at radius 2 is 2.06 bits per heavy atom. The van der Waals surface area contributed by atoms with E-state index < -0.39 is 34.8 Å². The molecule has 2 N–H and O–H groups in total. The van der Waals surface area contributed by atoms with E-state index in [1.54, 1.807) is 6.92 Å². The second-order valence-electron chi connectivity index (χ2n) is 7.74. The third-order valence-electron chi connectivity index (χ3n) is 5.82. The molecule has 164 valence electrons. The summed E-state index contributed by atoms with van der Waals surface area (Å²) in [5, 5.41) is 4.92. The zero-order valence-electron chi connectivity index (χ0n) is 16.8. The van der Waals surface area contributed by atoms with Crippen LogP contribution in [0.1, 0.15) is 24.1 Å². The van der Waals surface area contributed by atoms with Gasteiger partial charge in [-0.05, 0) is 31.0 Å². The van der Waals surface area contributed by atoms with Gasteiger partial charge in [-0.3, -0.25) is 4.79 Å². The van der Waals surface area contributed by atoms with Gasteiger partial charge in [0.2, 0.25) is 5.91 Å². The second-order valence-corrected chi connectivity index (χ2v) is 8.11. The molecule has 0 aliphatic carbocycles. The molecule has 3 atom stereocenters. The summed E-state index contributed by atoms with van der Waals surface area (Å²) >= 11 is 5.82. The Balaban J connectivity index is 1.66. The number of nitrogens with one attached hydrogen (secondary N) is 2. The summed E-state index contributed by atoms with van der Waals surface area (Å²) in [6, 6.07) is 7.85. The molecule has 1 unspecified atom stereocenters. The van der Waals surface area contributed by atoms with Crippen LogP contribution in [-0.4, -0.2) is 42.6 Å². The molecule has 1 fully saturated rings. The number of amides is 3. The number of urea groups is 1. The number of halogens is 3. The predicted octanol–water partition coefficient (Wildman–Crippen LogP) is 3.44. The monoisotopic (exact) mass is 449 g/mol. The number of hydrogen-bond donors (Lipinski definition) is 2. The third-order valence-corrected chi connectivity index (χ3v) is 6.16. The van der Waals surface area contributed by atoms with Crippen molar-refractivity contribution in [3.63, 3.8) is 0 Å². The largest absolute Gasteiger partial charge is 0.493 e. The van der Waals surface area contributed by atoms with Crippen molar-refractivity contribution in [1.29, 1.82) is 0 Å². The van der Waals surface area contributed by atoms with Crippen molar-refractivity contribution in [2.75, 3.05) is 19.7 Å². The smallest absolute Gasteiger partial charge is 0.318 e. The van der Waals surface area contributed by atoms with Crippen LogP contribution >= 0.6 is 11.6 Å². The highest BCUT2D eigenvalue weighted by molar-refractivity contribution is 6.31. The third kappa shape index (κ3) is 4.17. The van der Waals surface area contributed by atoms with Crippen molar-refractivity contribution >= 4 is 23.5 Å². The van der Waals surface area contributed by atoms with Gasteiger partial charge in [-0.15, -0.1) is 0 Å². The fourth-order valence-corrected chi connectivity index (χ4v) is 4.24. The van der Waals surface area contributed by atoms with E-state index >= 15 is 0 Å². The highest BCUT2D eigenvalue weighted by Crippen LogP contribution is 2.36. The molecule has 31 heavy (non-hydrogen) atoms. The maximum Gasteiger partial charge on any atom is 0.318 e. The summed E-state index contributed by atoms with van der Waals surface area (Å²) in [5.74, 6) is -1.65. The van der Waals surface area contributed by atoms with Gasteiger partial charge in [0.1, 0.15) is 28.4 Å². The SMILES string of the molecule is C[C@@H]1C(=O)NCCN1C(=O)NC(c1ccc(F)c(Cl)c1F)[C@@H]1COc2ccccc2C1. The van der Waals surface area contributed by atoms with Crippen LogP contribution in [0.15, 0.2) is 36.4 Å². The van der Waals surface area contributed by atoms with Crippen LogP contribution in [0.3, 0.4) is 0 Å². The van der Waals surface area contributed by atoms with Gasteiger partial charge in [0.05, 0.1) is 12.6 Å². The summed E-state index contributed by atoms with van der Waals surface area (Å²) in [6.07, 6.45) is 0.519. The molecule has 2 aliphatic rings. The Morgan fingerprint density at radius 3 is 2.87 bits per heavy atom. The van der Waals surface area contributed by atoms with Crippen molar-refractivity contribution in [3.8, 4) is 5.75 Å². The summed E-state index contributed by atoms with van der Waals surface area (Å²) in [6.45, 7) is 2.50. The van der Waals surface area contributed by atoms with Gasteiger partial charge >= 0.3 is 6.03 Å². The molecule has 0 spiro atoms. The number of carbonyl (C=O) groups is 2. The number of rotatable bonds is 3. The zero-order valence-corrected chi connectivity index (χ0v) is 17.6. The van der Waals surface area contributed by atoms with E-state index in [0.29, 0.717) is 19.5 Å². The van der Waals surface area contributed by atoms with Gasteiger partial charge in [0.25, 0.3) is 0 Å². The Hall–Kier alpha value is -2.87. The Kier molecular flexibility index (Phi) is 6.00. The first-order chi connectivity index (χ1) is 14.9. The normalized spacial score (nSPS) is 21.5. The molecule has 9 heteroatoms. The molecule has 3 amide bonds. The number of para-hydroxylation sites is 1. The van der Waals surface area contributed by atoms with E-state index in [-0.39, 0.29) is 24.0 Å². The minimum Gasteiger partial charge on any atom is -0.493 e. The van der Waals surface area contributed by atoms with Gasteiger partial charge in [-0.1, -0.05) is 35.9 Å². The zero-order chi connectivity index (χ0) is 22.1. The van der Waals surface area contributed by atoms with Gasteiger partial charge in [-0.2, -0.15) is 0 Å². The van der Waals surface area contributed by atoms with Crippen molar-refractivity contribution in [2.24, 2.45) is 5.92 Å². The van der Waals surface area contributed by atoms with E-state index in [0.717, 1.165) is 17.4 Å². The second kappa shape index (κ2) is 8.70. The molecular formula is C22H22ClF2N3O3. The average molecular weight is 450 g/mol. The molecule has 2 aromatic carbocycles. The lowest BCUT2D eigenvalue weighted by Gasteiger charge is -2.37. The average Bonchev–Trinajstić information content (AvgIpc) is 2.78. The minimum atomic E-state index is -0.921. The van der Waals surface area contributed by atoms with Crippen LogP contribution in [0.5, 0.6) is 5.75 Å². The lowest BCUT2D eigenvalue weighted by atomic mass is 9.86. The number of piperazine rings is 1. The number of hydrogen-bond acceptors (Lipinski definition) is 3. The van der Waals surface area contributed by atoms with Crippen molar-refractivity contribution < 1.29 is 23.1 Å². The van der Waals surface area contributed by atoms with Crippen LogP contribution < -0.4 is 15.4 Å². The fraction of sp³-hybridized carbons (Fsp3) is 0.364. The molecule has 2 aliphatic heterocycles. The number of carbonyl (C=O) groups excluding carboxylic acids is 2. The van der Waals surface area contributed by atoms with E-state index in [1.807, 2.05) is 24.3 Å². The first-order valence-corrected chi connectivity index (χ1v) is 10.4. The first kappa shape index (κ1) is 21.4. The van der Waals surface area contributed by atoms with E-state index in [2.05, 4.69) is 10.6 Å². The molecule has 6 nitrogen and oxygen atoms in total. The highest BCUT2D eigenvalue weighted by atomic mass is 35.5. The molecule has 0 radical (unpaired) electrons.